The first-order valence-electron chi connectivity index (χ1n) is 6.24. The topological polar surface area (TPSA) is 38.0 Å². The fraction of sp³-hybridized carbons (Fsp3) is 0.571. The summed E-state index contributed by atoms with van der Waals surface area (Å²) >= 11 is 3.56. The van der Waals surface area contributed by atoms with Gasteiger partial charge in [-0.25, -0.2) is 0 Å². The van der Waals surface area contributed by atoms with Crippen LogP contribution in [-0.4, -0.2) is 6.54 Å². The number of hydrogen-bond acceptors (Lipinski definition) is 2. The minimum atomic E-state index is 0.523. The van der Waals surface area contributed by atoms with Gasteiger partial charge in [-0.2, -0.15) is 0 Å². The second-order valence-corrected chi connectivity index (χ2v) is 6.41. The molecule has 1 fully saturated rings. The summed E-state index contributed by atoms with van der Waals surface area (Å²) in [6.07, 6.45) is 2.70. The van der Waals surface area contributed by atoms with Crippen LogP contribution in [0.1, 0.15) is 32.3 Å². The number of nitrogens with one attached hydrogen (secondary N) is 1. The van der Waals surface area contributed by atoms with Crippen LogP contribution in [0, 0.1) is 18.3 Å². The van der Waals surface area contributed by atoms with Gasteiger partial charge in [0.25, 0.3) is 0 Å². The molecule has 0 bridgehead atoms. The molecule has 1 aliphatic rings. The van der Waals surface area contributed by atoms with Gasteiger partial charge in [-0.3, -0.25) is 0 Å². The van der Waals surface area contributed by atoms with E-state index in [4.69, 9.17) is 5.73 Å². The smallest absolute Gasteiger partial charge is 0.0489 e. The van der Waals surface area contributed by atoms with Gasteiger partial charge in [-0.15, -0.1) is 0 Å². The predicted molar refractivity (Wildman–Crippen MR) is 78.3 cm³/mol. The van der Waals surface area contributed by atoms with Crippen LogP contribution in [-0.2, 0) is 0 Å². The van der Waals surface area contributed by atoms with Gasteiger partial charge in [0.05, 0.1) is 0 Å². The molecule has 0 radical (unpaired) electrons. The Bertz CT molecular complexity index is 422. The largest absolute Gasteiger partial charge is 0.398 e. The highest BCUT2D eigenvalue weighted by atomic mass is 79.9. The van der Waals surface area contributed by atoms with Crippen molar-refractivity contribution in [1.29, 1.82) is 0 Å². The summed E-state index contributed by atoms with van der Waals surface area (Å²) in [5, 5.41) is 3.56. The number of benzene rings is 1. The molecule has 1 aliphatic carbocycles. The van der Waals surface area contributed by atoms with E-state index in [0.29, 0.717) is 5.41 Å². The monoisotopic (exact) mass is 296 g/mol. The molecule has 2 rings (SSSR count). The van der Waals surface area contributed by atoms with Crippen molar-refractivity contribution in [1.82, 2.24) is 0 Å². The number of halogens is 1. The summed E-state index contributed by atoms with van der Waals surface area (Å²) in [6, 6.07) is 4.10. The number of rotatable bonds is 4. The molecular formula is C14H21BrN2. The lowest BCUT2D eigenvalue weighted by Crippen LogP contribution is -2.21. The molecule has 1 saturated carbocycles. The van der Waals surface area contributed by atoms with Crippen LogP contribution in [0.15, 0.2) is 16.6 Å². The highest BCUT2D eigenvalue weighted by Crippen LogP contribution is 2.51. The van der Waals surface area contributed by atoms with Crippen molar-refractivity contribution >= 4 is 27.3 Å². The van der Waals surface area contributed by atoms with Crippen molar-refractivity contribution in [2.24, 2.45) is 11.3 Å². The van der Waals surface area contributed by atoms with Gasteiger partial charge in [0.2, 0.25) is 0 Å². The molecule has 0 amide bonds. The molecule has 0 unspecified atom stereocenters. The van der Waals surface area contributed by atoms with Crippen LogP contribution in [0.4, 0.5) is 11.4 Å². The van der Waals surface area contributed by atoms with E-state index in [-0.39, 0.29) is 0 Å². The Morgan fingerprint density at radius 2 is 2.06 bits per heavy atom. The Kier molecular flexibility index (Phi) is 3.39. The average molecular weight is 297 g/mol. The van der Waals surface area contributed by atoms with Crippen molar-refractivity contribution in [3.05, 3.63) is 22.2 Å². The summed E-state index contributed by atoms with van der Waals surface area (Å²) < 4.78 is 1.06. The number of aryl methyl sites for hydroxylation is 1. The van der Waals surface area contributed by atoms with E-state index in [0.717, 1.165) is 33.9 Å². The Morgan fingerprint density at radius 3 is 2.59 bits per heavy atom. The highest BCUT2D eigenvalue weighted by Gasteiger charge is 2.44. The molecule has 0 aliphatic heterocycles. The normalized spacial score (nSPS) is 17.2. The molecular weight excluding hydrogens is 276 g/mol. The summed E-state index contributed by atoms with van der Waals surface area (Å²) in [4.78, 5) is 0. The standard InChI is InChI=1S/C14H21BrN2/c1-9(2)14(4-5-14)8-17-13-6-10(3)12(16)7-11(13)15/h6-7,9,17H,4-5,8,16H2,1-3H3. The van der Waals surface area contributed by atoms with Gasteiger partial charge in [0, 0.05) is 22.4 Å². The van der Waals surface area contributed by atoms with Crippen LogP contribution < -0.4 is 11.1 Å². The Morgan fingerprint density at radius 1 is 1.41 bits per heavy atom. The molecule has 3 heteroatoms. The number of nitrogens with two attached hydrogens (primary N) is 1. The first-order chi connectivity index (χ1) is 7.94. The predicted octanol–water partition coefficient (Wildman–Crippen LogP) is 4.19. The third kappa shape index (κ3) is 2.59. The molecule has 0 heterocycles. The lowest BCUT2D eigenvalue weighted by Gasteiger charge is -2.21. The summed E-state index contributed by atoms with van der Waals surface area (Å²) in [7, 11) is 0. The van der Waals surface area contributed by atoms with E-state index in [1.54, 1.807) is 0 Å². The van der Waals surface area contributed by atoms with E-state index >= 15 is 0 Å². The number of hydrogen-bond donors (Lipinski definition) is 2. The van der Waals surface area contributed by atoms with E-state index in [9.17, 15) is 0 Å². The Labute approximate surface area is 112 Å². The van der Waals surface area contributed by atoms with Gasteiger partial charge >= 0.3 is 0 Å². The molecule has 0 aromatic heterocycles. The van der Waals surface area contributed by atoms with E-state index in [1.165, 1.54) is 12.8 Å². The quantitative estimate of drug-likeness (QED) is 0.818. The summed E-state index contributed by atoms with van der Waals surface area (Å²) in [5.74, 6) is 0.753. The number of nitrogen functional groups attached to an aromatic ring is 1. The lowest BCUT2D eigenvalue weighted by atomic mass is 9.92. The Hall–Kier alpha value is -0.700. The van der Waals surface area contributed by atoms with Crippen LogP contribution in [0.5, 0.6) is 0 Å². The second kappa shape index (κ2) is 4.52. The minimum Gasteiger partial charge on any atom is -0.398 e. The molecule has 3 N–H and O–H groups in total. The zero-order valence-electron chi connectivity index (χ0n) is 10.8. The summed E-state index contributed by atoms with van der Waals surface area (Å²) in [6.45, 7) is 7.74. The molecule has 0 atom stereocenters. The fourth-order valence-electron chi connectivity index (χ4n) is 2.22. The van der Waals surface area contributed by atoms with Crippen molar-refractivity contribution in [2.45, 2.75) is 33.6 Å². The molecule has 2 nitrogen and oxygen atoms in total. The maximum atomic E-state index is 5.87. The molecule has 17 heavy (non-hydrogen) atoms. The van der Waals surface area contributed by atoms with Crippen LogP contribution in [0.25, 0.3) is 0 Å². The molecule has 1 aromatic rings. The second-order valence-electron chi connectivity index (χ2n) is 5.56. The first kappa shape index (κ1) is 12.7. The molecule has 0 saturated heterocycles. The SMILES string of the molecule is Cc1cc(NCC2(C(C)C)CC2)c(Br)cc1N. The van der Waals surface area contributed by atoms with E-state index in [1.807, 2.05) is 13.0 Å². The average Bonchev–Trinajstić information content (AvgIpc) is 3.02. The lowest BCUT2D eigenvalue weighted by molar-refractivity contribution is 0.380. The summed E-state index contributed by atoms with van der Waals surface area (Å²) in [5.41, 5.74) is 9.52. The third-order valence-electron chi connectivity index (χ3n) is 4.10. The van der Waals surface area contributed by atoms with Crippen LogP contribution in [0.3, 0.4) is 0 Å². The van der Waals surface area contributed by atoms with Gasteiger partial charge in [0.1, 0.15) is 0 Å². The molecule has 0 spiro atoms. The van der Waals surface area contributed by atoms with Gasteiger partial charge in [-0.05, 0) is 64.7 Å². The van der Waals surface area contributed by atoms with E-state index < -0.39 is 0 Å². The Balaban J connectivity index is 2.07. The van der Waals surface area contributed by atoms with Gasteiger partial charge in [0.15, 0.2) is 0 Å². The maximum Gasteiger partial charge on any atom is 0.0489 e. The van der Waals surface area contributed by atoms with Crippen molar-refractivity contribution in [2.75, 3.05) is 17.6 Å². The maximum absolute atomic E-state index is 5.87. The minimum absolute atomic E-state index is 0.523. The zero-order valence-corrected chi connectivity index (χ0v) is 12.4. The van der Waals surface area contributed by atoms with Gasteiger partial charge in [-0.1, -0.05) is 13.8 Å². The zero-order chi connectivity index (χ0) is 12.6. The van der Waals surface area contributed by atoms with Crippen molar-refractivity contribution in [3.8, 4) is 0 Å². The van der Waals surface area contributed by atoms with Gasteiger partial charge < -0.3 is 11.1 Å². The fourth-order valence-corrected chi connectivity index (χ4v) is 2.72. The number of anilines is 2. The highest BCUT2D eigenvalue weighted by molar-refractivity contribution is 9.10. The van der Waals surface area contributed by atoms with Crippen LogP contribution in [0.2, 0.25) is 0 Å². The molecule has 94 valence electrons. The van der Waals surface area contributed by atoms with Crippen molar-refractivity contribution in [3.63, 3.8) is 0 Å². The third-order valence-corrected chi connectivity index (χ3v) is 4.76. The first-order valence-corrected chi connectivity index (χ1v) is 7.03. The molecule has 1 aromatic carbocycles. The van der Waals surface area contributed by atoms with E-state index in [2.05, 4.69) is 41.2 Å². The van der Waals surface area contributed by atoms with Crippen LogP contribution >= 0.6 is 15.9 Å². The van der Waals surface area contributed by atoms with Crippen molar-refractivity contribution < 1.29 is 0 Å².